The van der Waals surface area contributed by atoms with Crippen LogP contribution in [-0.4, -0.2) is 15.6 Å². The third kappa shape index (κ3) is 2.65. The molecule has 1 heterocycles. The summed E-state index contributed by atoms with van der Waals surface area (Å²) in [5.74, 6) is 1.23. The molecule has 2 rings (SSSR count). The normalized spacial score (nSPS) is 24.2. The molecule has 1 aliphatic rings. The number of aryl methyl sites for hydroxylation is 2. The van der Waals surface area contributed by atoms with Crippen LogP contribution in [0.5, 0.6) is 0 Å². The summed E-state index contributed by atoms with van der Waals surface area (Å²) in [6, 6.07) is 1.99. The molecule has 1 saturated carbocycles. The maximum atomic E-state index is 12.6. The highest BCUT2D eigenvalue weighted by Gasteiger charge is 2.28. The van der Waals surface area contributed by atoms with E-state index in [1.54, 1.807) is 0 Å². The average Bonchev–Trinajstić information content (AvgIpc) is 2.81. The van der Waals surface area contributed by atoms with E-state index in [1.807, 2.05) is 17.7 Å². The Hall–Kier alpha value is -1.12. The zero-order chi connectivity index (χ0) is 13.1. The molecule has 0 spiro atoms. The quantitative estimate of drug-likeness (QED) is 0.765. The first-order chi connectivity index (χ1) is 8.65. The number of carbonyl (C=O) groups excluding carboxylic acids is 1. The van der Waals surface area contributed by atoms with Gasteiger partial charge in [0, 0.05) is 12.5 Å². The van der Waals surface area contributed by atoms with Crippen molar-refractivity contribution in [2.45, 2.75) is 59.4 Å². The van der Waals surface area contributed by atoms with Gasteiger partial charge in [-0.1, -0.05) is 26.7 Å². The predicted molar refractivity (Wildman–Crippen MR) is 72.7 cm³/mol. The van der Waals surface area contributed by atoms with Gasteiger partial charge in [-0.05, 0) is 38.2 Å². The Morgan fingerprint density at radius 1 is 1.44 bits per heavy atom. The smallest absolute Gasteiger partial charge is 0.183 e. The van der Waals surface area contributed by atoms with Gasteiger partial charge in [0.05, 0.1) is 5.69 Å². The number of rotatable bonds is 4. The summed E-state index contributed by atoms with van der Waals surface area (Å²) in [7, 11) is 0. The van der Waals surface area contributed by atoms with E-state index in [9.17, 15) is 4.79 Å². The first-order valence-electron chi connectivity index (χ1n) is 7.26. The highest BCUT2D eigenvalue weighted by Crippen LogP contribution is 2.31. The van der Waals surface area contributed by atoms with Crippen molar-refractivity contribution < 1.29 is 4.79 Å². The molecule has 1 aromatic heterocycles. The molecule has 0 aromatic carbocycles. The van der Waals surface area contributed by atoms with Gasteiger partial charge in [-0.15, -0.1) is 0 Å². The van der Waals surface area contributed by atoms with Gasteiger partial charge in [0.15, 0.2) is 5.78 Å². The standard InChI is InChI=1S/C15H24N2O/c1-4-13-10-14(17(5-2)16-13)15(18)12-8-6-7-11(3)9-12/h10-12H,4-9H2,1-3H3. The van der Waals surface area contributed by atoms with Crippen LogP contribution in [0.25, 0.3) is 0 Å². The monoisotopic (exact) mass is 248 g/mol. The number of hydrogen-bond acceptors (Lipinski definition) is 2. The lowest BCUT2D eigenvalue weighted by Crippen LogP contribution is -2.24. The van der Waals surface area contributed by atoms with Crippen molar-refractivity contribution in [3.63, 3.8) is 0 Å². The van der Waals surface area contributed by atoms with E-state index in [-0.39, 0.29) is 5.92 Å². The molecule has 2 unspecified atom stereocenters. The number of ketones is 1. The molecule has 0 N–H and O–H groups in total. The van der Waals surface area contributed by atoms with Crippen molar-refractivity contribution in [3.05, 3.63) is 17.5 Å². The van der Waals surface area contributed by atoms with E-state index in [1.165, 1.54) is 12.8 Å². The van der Waals surface area contributed by atoms with Crippen LogP contribution in [0.3, 0.4) is 0 Å². The van der Waals surface area contributed by atoms with Gasteiger partial charge in [0.1, 0.15) is 5.69 Å². The topological polar surface area (TPSA) is 34.9 Å². The van der Waals surface area contributed by atoms with Gasteiger partial charge in [0.2, 0.25) is 0 Å². The first-order valence-corrected chi connectivity index (χ1v) is 7.26. The predicted octanol–water partition coefficient (Wildman–Crippen LogP) is 3.47. The van der Waals surface area contributed by atoms with Crippen LogP contribution in [0.15, 0.2) is 6.07 Å². The van der Waals surface area contributed by atoms with E-state index in [2.05, 4.69) is 18.9 Å². The molecule has 100 valence electrons. The maximum Gasteiger partial charge on any atom is 0.183 e. The van der Waals surface area contributed by atoms with Crippen molar-refractivity contribution in [2.24, 2.45) is 11.8 Å². The maximum absolute atomic E-state index is 12.6. The lowest BCUT2D eigenvalue weighted by Gasteiger charge is -2.25. The fourth-order valence-corrected chi connectivity index (χ4v) is 2.96. The molecule has 0 saturated heterocycles. The molecule has 0 amide bonds. The van der Waals surface area contributed by atoms with Crippen LogP contribution < -0.4 is 0 Å². The highest BCUT2D eigenvalue weighted by molar-refractivity contribution is 5.96. The zero-order valence-corrected chi connectivity index (χ0v) is 11.8. The molecule has 3 nitrogen and oxygen atoms in total. The SMILES string of the molecule is CCc1cc(C(=O)C2CCCC(C)C2)n(CC)n1. The molecule has 0 radical (unpaired) electrons. The lowest BCUT2D eigenvalue weighted by atomic mass is 9.79. The number of carbonyl (C=O) groups is 1. The van der Waals surface area contributed by atoms with Crippen LogP contribution in [0, 0.1) is 11.8 Å². The van der Waals surface area contributed by atoms with Crippen LogP contribution in [0.2, 0.25) is 0 Å². The van der Waals surface area contributed by atoms with E-state index < -0.39 is 0 Å². The van der Waals surface area contributed by atoms with Crippen molar-refractivity contribution >= 4 is 5.78 Å². The summed E-state index contributed by atoms with van der Waals surface area (Å²) in [6.07, 6.45) is 5.47. The molecule has 1 fully saturated rings. The molecule has 3 heteroatoms. The van der Waals surface area contributed by atoms with Gasteiger partial charge >= 0.3 is 0 Å². The van der Waals surface area contributed by atoms with Gasteiger partial charge in [-0.2, -0.15) is 5.10 Å². The van der Waals surface area contributed by atoms with Gasteiger partial charge in [-0.25, -0.2) is 0 Å². The number of Topliss-reactive ketones (excluding diaryl/α,β-unsaturated/α-hetero) is 1. The number of nitrogens with zero attached hydrogens (tertiary/aromatic N) is 2. The second-order valence-electron chi connectivity index (χ2n) is 5.52. The van der Waals surface area contributed by atoms with Crippen LogP contribution >= 0.6 is 0 Å². The summed E-state index contributed by atoms with van der Waals surface area (Å²) >= 11 is 0. The molecule has 1 aromatic rings. The van der Waals surface area contributed by atoms with Crippen molar-refractivity contribution in [1.29, 1.82) is 0 Å². The summed E-state index contributed by atoms with van der Waals surface area (Å²) in [5, 5.41) is 4.48. The molecule has 1 aliphatic carbocycles. The van der Waals surface area contributed by atoms with Gasteiger partial charge in [0.25, 0.3) is 0 Å². The van der Waals surface area contributed by atoms with E-state index in [0.717, 1.165) is 37.2 Å². The van der Waals surface area contributed by atoms with Crippen molar-refractivity contribution in [3.8, 4) is 0 Å². The second-order valence-corrected chi connectivity index (χ2v) is 5.52. The molecule has 0 aliphatic heterocycles. The number of hydrogen-bond donors (Lipinski definition) is 0. The molecule has 18 heavy (non-hydrogen) atoms. The Morgan fingerprint density at radius 3 is 2.83 bits per heavy atom. The van der Waals surface area contributed by atoms with Gasteiger partial charge in [-0.3, -0.25) is 9.48 Å². The summed E-state index contributed by atoms with van der Waals surface area (Å²) in [5.41, 5.74) is 1.86. The van der Waals surface area contributed by atoms with E-state index in [0.29, 0.717) is 11.7 Å². The van der Waals surface area contributed by atoms with Crippen LogP contribution in [0.1, 0.15) is 62.6 Å². The summed E-state index contributed by atoms with van der Waals surface area (Å²) in [4.78, 5) is 12.6. The fraction of sp³-hybridized carbons (Fsp3) is 0.733. The van der Waals surface area contributed by atoms with Crippen molar-refractivity contribution in [1.82, 2.24) is 9.78 Å². The third-order valence-corrected chi connectivity index (χ3v) is 4.05. The lowest BCUT2D eigenvalue weighted by molar-refractivity contribution is 0.0857. The van der Waals surface area contributed by atoms with Crippen LogP contribution in [-0.2, 0) is 13.0 Å². The Balaban J connectivity index is 2.19. The molecule has 2 atom stereocenters. The second kappa shape index (κ2) is 5.68. The van der Waals surface area contributed by atoms with Crippen LogP contribution in [0.4, 0.5) is 0 Å². The molecular weight excluding hydrogens is 224 g/mol. The van der Waals surface area contributed by atoms with E-state index >= 15 is 0 Å². The summed E-state index contributed by atoms with van der Waals surface area (Å²) in [6.45, 7) is 7.17. The zero-order valence-electron chi connectivity index (χ0n) is 11.8. The summed E-state index contributed by atoms with van der Waals surface area (Å²) < 4.78 is 1.88. The Kier molecular flexibility index (Phi) is 4.20. The van der Waals surface area contributed by atoms with Gasteiger partial charge < -0.3 is 0 Å². The van der Waals surface area contributed by atoms with E-state index in [4.69, 9.17) is 0 Å². The fourth-order valence-electron chi connectivity index (χ4n) is 2.96. The Morgan fingerprint density at radius 2 is 2.22 bits per heavy atom. The third-order valence-electron chi connectivity index (χ3n) is 4.05. The minimum atomic E-state index is 0.223. The largest absolute Gasteiger partial charge is 0.292 e. The molecule has 0 bridgehead atoms. The average molecular weight is 248 g/mol. The number of aromatic nitrogens is 2. The Labute approximate surface area is 110 Å². The Bertz CT molecular complexity index is 422. The minimum absolute atomic E-state index is 0.223. The highest BCUT2D eigenvalue weighted by atomic mass is 16.1. The minimum Gasteiger partial charge on any atom is -0.292 e. The van der Waals surface area contributed by atoms with Crippen molar-refractivity contribution in [2.75, 3.05) is 0 Å². The molecular formula is C15H24N2O. The first kappa shape index (κ1) is 13.3.